The van der Waals surface area contributed by atoms with E-state index >= 15 is 0 Å². The summed E-state index contributed by atoms with van der Waals surface area (Å²) in [5, 5.41) is 8.87. The number of anilines is 1. The molecule has 2 saturated heterocycles. The number of hydrogen-bond acceptors (Lipinski definition) is 9. The van der Waals surface area contributed by atoms with Gasteiger partial charge in [-0.15, -0.1) is 0 Å². The number of piperidine rings is 1. The topological polar surface area (TPSA) is 120 Å². The van der Waals surface area contributed by atoms with E-state index in [0.717, 1.165) is 49.4 Å². The van der Waals surface area contributed by atoms with Crippen LogP contribution in [0.2, 0.25) is 10.0 Å². The molecule has 2 aromatic carbocycles. The summed E-state index contributed by atoms with van der Waals surface area (Å²) in [6, 6.07) is 17.0. The van der Waals surface area contributed by atoms with Crippen LogP contribution in [0.3, 0.4) is 0 Å². The molecule has 48 heavy (non-hydrogen) atoms. The van der Waals surface area contributed by atoms with Gasteiger partial charge in [0.25, 0.3) is 0 Å². The van der Waals surface area contributed by atoms with Gasteiger partial charge in [0.1, 0.15) is 29.5 Å². The van der Waals surface area contributed by atoms with Crippen molar-refractivity contribution >= 4 is 46.3 Å². The SMILES string of the molecule is O=C(NCC1(c2ncccn2)C2CCN(c3cnc4c(-c5cccc(Cl)c5Cl)nn(C5CCCCO5)c4n3)CC21)OCc1ccccc1. The van der Waals surface area contributed by atoms with Gasteiger partial charge in [-0.05, 0) is 55.2 Å². The predicted molar refractivity (Wildman–Crippen MR) is 182 cm³/mol. The van der Waals surface area contributed by atoms with Gasteiger partial charge in [-0.25, -0.2) is 29.4 Å². The molecule has 2 aliphatic heterocycles. The van der Waals surface area contributed by atoms with Crippen LogP contribution >= 0.6 is 23.2 Å². The average Bonchev–Trinajstić information content (AvgIpc) is 3.64. The Hall–Kier alpha value is -4.32. The summed E-state index contributed by atoms with van der Waals surface area (Å²) in [6.45, 7) is 2.74. The highest BCUT2D eigenvalue weighted by atomic mass is 35.5. The Morgan fingerprint density at radius 2 is 1.85 bits per heavy atom. The summed E-state index contributed by atoms with van der Waals surface area (Å²) in [4.78, 5) is 34.5. The summed E-state index contributed by atoms with van der Waals surface area (Å²) < 4.78 is 13.5. The molecule has 0 radical (unpaired) electrons. The van der Waals surface area contributed by atoms with E-state index in [2.05, 4.69) is 20.2 Å². The largest absolute Gasteiger partial charge is 0.445 e. The predicted octanol–water partition coefficient (Wildman–Crippen LogP) is 6.61. The van der Waals surface area contributed by atoms with E-state index in [1.807, 2.05) is 53.2 Å². The molecule has 8 rings (SSSR count). The monoisotopic (exact) mass is 684 g/mol. The molecule has 5 heterocycles. The first-order chi connectivity index (χ1) is 23.5. The minimum atomic E-state index is -0.459. The van der Waals surface area contributed by atoms with E-state index < -0.39 is 11.5 Å². The molecular weight excluding hydrogens is 651 g/mol. The van der Waals surface area contributed by atoms with Crippen LogP contribution in [0.25, 0.3) is 22.4 Å². The van der Waals surface area contributed by atoms with Crippen molar-refractivity contribution < 1.29 is 14.3 Å². The van der Waals surface area contributed by atoms with Crippen LogP contribution in [0.5, 0.6) is 0 Å². The third-order valence-corrected chi connectivity index (χ3v) is 10.7. The Kier molecular flexibility index (Phi) is 8.35. The molecule has 5 aromatic rings. The Morgan fingerprint density at radius 3 is 2.67 bits per heavy atom. The standard InChI is InChI=1S/C35H34Cl2N8O3/c36-26-11-6-10-23(29(26)37)30-31-32(45(43-30)28-12-4-5-17-47-28)42-27(18-40-31)44-16-13-24-25(19-44)35(24,33-38-14-7-15-39-33)21-41-34(46)48-20-22-8-2-1-3-9-22/h1-3,6-11,14-15,18,24-25,28H,4-5,12-13,16-17,19-21H2,(H,41,46). The number of ether oxygens (including phenoxy) is 2. The molecule has 1 amide bonds. The van der Waals surface area contributed by atoms with Crippen molar-refractivity contribution in [3.8, 4) is 11.3 Å². The molecule has 0 bridgehead atoms. The zero-order valence-corrected chi connectivity index (χ0v) is 27.6. The maximum absolute atomic E-state index is 12.8. The molecule has 1 aliphatic carbocycles. The molecule has 0 spiro atoms. The van der Waals surface area contributed by atoms with Gasteiger partial charge in [0.2, 0.25) is 0 Å². The normalized spacial score (nSPS) is 23.5. The van der Waals surface area contributed by atoms with Gasteiger partial charge in [-0.1, -0.05) is 65.7 Å². The van der Waals surface area contributed by atoms with E-state index in [4.69, 9.17) is 47.7 Å². The van der Waals surface area contributed by atoms with E-state index in [0.29, 0.717) is 58.1 Å². The molecule has 3 aromatic heterocycles. The minimum Gasteiger partial charge on any atom is -0.445 e. The van der Waals surface area contributed by atoms with E-state index in [1.165, 1.54) is 0 Å². The number of hydrogen-bond donors (Lipinski definition) is 1. The van der Waals surface area contributed by atoms with Crippen molar-refractivity contribution in [2.24, 2.45) is 11.8 Å². The number of rotatable bonds is 8. The molecule has 1 saturated carbocycles. The lowest BCUT2D eigenvalue weighted by atomic mass is 10.00. The summed E-state index contributed by atoms with van der Waals surface area (Å²) in [5.74, 6) is 2.00. The first kappa shape index (κ1) is 31.0. The van der Waals surface area contributed by atoms with E-state index in [-0.39, 0.29) is 18.8 Å². The van der Waals surface area contributed by atoms with Crippen molar-refractivity contribution in [1.29, 1.82) is 0 Å². The summed E-state index contributed by atoms with van der Waals surface area (Å²) in [6.07, 6.45) is 8.40. The van der Waals surface area contributed by atoms with Gasteiger partial charge in [0.15, 0.2) is 11.9 Å². The van der Waals surface area contributed by atoms with Crippen LogP contribution in [-0.4, -0.2) is 62.1 Å². The fraction of sp³-hybridized carbons (Fsp3) is 0.371. The summed E-state index contributed by atoms with van der Waals surface area (Å²) >= 11 is 13.0. The lowest BCUT2D eigenvalue weighted by Crippen LogP contribution is -2.36. The lowest BCUT2D eigenvalue weighted by Gasteiger charge is -2.27. The van der Waals surface area contributed by atoms with Crippen molar-refractivity contribution in [3.05, 3.63) is 94.6 Å². The quantitative estimate of drug-likeness (QED) is 0.192. The molecule has 246 valence electrons. The zero-order chi connectivity index (χ0) is 32.7. The second-order valence-corrected chi connectivity index (χ2v) is 13.4. The summed E-state index contributed by atoms with van der Waals surface area (Å²) in [5.41, 5.74) is 3.13. The maximum Gasteiger partial charge on any atom is 0.407 e. The number of aromatic nitrogens is 6. The number of nitrogens with one attached hydrogen (secondary N) is 1. The zero-order valence-electron chi connectivity index (χ0n) is 26.1. The maximum atomic E-state index is 12.8. The second-order valence-electron chi connectivity index (χ2n) is 12.6. The van der Waals surface area contributed by atoms with Crippen LogP contribution < -0.4 is 10.2 Å². The Morgan fingerprint density at radius 1 is 1.00 bits per heavy atom. The van der Waals surface area contributed by atoms with Crippen molar-refractivity contribution in [1.82, 2.24) is 35.0 Å². The molecule has 11 nitrogen and oxygen atoms in total. The van der Waals surface area contributed by atoms with Gasteiger partial charge in [-0.2, -0.15) is 5.10 Å². The third kappa shape index (κ3) is 5.63. The number of amides is 1. The van der Waals surface area contributed by atoms with Crippen molar-refractivity contribution in [3.63, 3.8) is 0 Å². The molecule has 1 N–H and O–H groups in total. The third-order valence-electron chi connectivity index (χ3n) is 9.90. The van der Waals surface area contributed by atoms with Gasteiger partial charge in [0, 0.05) is 44.2 Å². The number of fused-ring (bicyclic) bond motifs is 2. The molecule has 4 atom stereocenters. The Balaban J connectivity index is 1.06. The van der Waals surface area contributed by atoms with Crippen LogP contribution in [0.4, 0.5) is 10.6 Å². The highest BCUT2D eigenvalue weighted by Crippen LogP contribution is 2.62. The molecular formula is C35H34Cl2N8O3. The van der Waals surface area contributed by atoms with Crippen molar-refractivity contribution in [2.45, 2.75) is 43.9 Å². The number of carbonyl (C=O) groups excluding carboxylic acids is 1. The second kappa shape index (κ2) is 12.9. The van der Waals surface area contributed by atoms with Gasteiger partial charge < -0.3 is 19.7 Å². The smallest absolute Gasteiger partial charge is 0.407 e. The molecule has 13 heteroatoms. The first-order valence-corrected chi connectivity index (χ1v) is 17.1. The molecule has 3 aliphatic rings. The van der Waals surface area contributed by atoms with Crippen LogP contribution in [0.1, 0.15) is 43.3 Å². The van der Waals surface area contributed by atoms with Crippen molar-refractivity contribution in [2.75, 3.05) is 31.1 Å². The van der Waals surface area contributed by atoms with Crippen LogP contribution in [-0.2, 0) is 21.5 Å². The van der Waals surface area contributed by atoms with Crippen LogP contribution in [0.15, 0.2) is 73.2 Å². The number of halogens is 2. The van der Waals surface area contributed by atoms with Gasteiger partial charge in [-0.3, -0.25) is 0 Å². The number of alkyl carbamates (subject to hydrolysis) is 1. The number of benzene rings is 2. The lowest BCUT2D eigenvalue weighted by molar-refractivity contribution is -0.0368. The minimum absolute atomic E-state index is 0.202. The van der Waals surface area contributed by atoms with Gasteiger partial charge >= 0.3 is 6.09 Å². The number of nitrogens with zero attached hydrogens (tertiary/aromatic N) is 7. The van der Waals surface area contributed by atoms with Gasteiger partial charge in [0.05, 0.1) is 21.7 Å². The number of carbonyl (C=O) groups is 1. The highest BCUT2D eigenvalue weighted by Gasteiger charge is 2.68. The fourth-order valence-corrected chi connectivity index (χ4v) is 7.82. The van der Waals surface area contributed by atoms with E-state index in [9.17, 15) is 4.79 Å². The van der Waals surface area contributed by atoms with E-state index in [1.54, 1.807) is 24.7 Å². The Labute approximate surface area is 287 Å². The molecule has 3 fully saturated rings. The highest BCUT2D eigenvalue weighted by molar-refractivity contribution is 6.43. The average molecular weight is 686 g/mol. The molecule has 4 unspecified atom stereocenters. The van der Waals surface area contributed by atoms with Crippen LogP contribution in [0, 0.1) is 11.8 Å². The summed E-state index contributed by atoms with van der Waals surface area (Å²) in [7, 11) is 0. The first-order valence-electron chi connectivity index (χ1n) is 16.3. The fourth-order valence-electron chi connectivity index (χ4n) is 7.43. The Bertz CT molecular complexity index is 1940.